The lowest BCUT2D eigenvalue weighted by molar-refractivity contribution is 0.102. The van der Waals surface area contributed by atoms with Crippen molar-refractivity contribution < 1.29 is 4.79 Å². The Morgan fingerprint density at radius 3 is 2.81 bits per heavy atom. The van der Waals surface area contributed by atoms with Crippen LogP contribution < -0.4 is 0 Å². The number of aryl methyl sites for hydroxylation is 1. The monoisotopic (exact) mass is 449 g/mol. The van der Waals surface area contributed by atoms with Crippen LogP contribution in [-0.4, -0.2) is 35.9 Å². The van der Waals surface area contributed by atoms with Crippen molar-refractivity contribution in [2.75, 3.05) is 5.75 Å². The van der Waals surface area contributed by atoms with Crippen LogP contribution in [0.15, 0.2) is 48.4 Å². The molecule has 0 aliphatic heterocycles. The van der Waals surface area contributed by atoms with Gasteiger partial charge in [0.2, 0.25) is 0 Å². The van der Waals surface area contributed by atoms with Gasteiger partial charge in [0.1, 0.15) is 0 Å². The summed E-state index contributed by atoms with van der Waals surface area (Å²) in [6.45, 7) is 10.9. The Morgan fingerprint density at radius 2 is 2.09 bits per heavy atom. The SMILES string of the molecule is C=CCn1c(C)cc(C(=O)CSc2nnc(-c3cccnc3)n2[C@H]2CCCC[C@@H]2C)c1C. The summed E-state index contributed by atoms with van der Waals surface area (Å²) in [6.07, 6.45) is 10.2. The molecule has 0 spiro atoms. The number of allylic oxidation sites excluding steroid dienone is 1. The number of hydrogen-bond acceptors (Lipinski definition) is 5. The minimum atomic E-state index is 0.118. The Hall–Kier alpha value is -2.67. The van der Waals surface area contributed by atoms with E-state index in [1.165, 1.54) is 31.0 Å². The second-order valence-electron chi connectivity index (χ2n) is 8.64. The molecule has 0 aromatic carbocycles. The average molecular weight is 450 g/mol. The van der Waals surface area contributed by atoms with Gasteiger partial charge in [-0.2, -0.15) is 0 Å². The summed E-state index contributed by atoms with van der Waals surface area (Å²) in [7, 11) is 0. The number of carbonyl (C=O) groups excluding carboxylic acids is 1. The highest BCUT2D eigenvalue weighted by Crippen LogP contribution is 2.39. The van der Waals surface area contributed by atoms with Gasteiger partial charge in [0.05, 0.1) is 5.75 Å². The quantitative estimate of drug-likeness (QED) is 0.252. The molecule has 0 unspecified atom stereocenters. The van der Waals surface area contributed by atoms with Crippen molar-refractivity contribution >= 4 is 17.5 Å². The normalized spacial score (nSPS) is 18.6. The Labute approximate surface area is 194 Å². The Kier molecular flexibility index (Phi) is 6.94. The van der Waals surface area contributed by atoms with Crippen LogP contribution >= 0.6 is 11.8 Å². The Balaban J connectivity index is 1.61. The zero-order valence-electron chi connectivity index (χ0n) is 19.1. The van der Waals surface area contributed by atoms with Crippen LogP contribution in [-0.2, 0) is 6.54 Å². The average Bonchev–Trinajstić information content (AvgIpc) is 3.35. The second kappa shape index (κ2) is 9.86. The van der Waals surface area contributed by atoms with Gasteiger partial charge < -0.3 is 4.57 Å². The van der Waals surface area contributed by atoms with E-state index in [0.29, 0.717) is 24.3 Å². The molecule has 3 aromatic rings. The van der Waals surface area contributed by atoms with Crippen LogP contribution in [0.4, 0.5) is 0 Å². The maximum atomic E-state index is 13.1. The number of hydrogen-bond donors (Lipinski definition) is 0. The van der Waals surface area contributed by atoms with Gasteiger partial charge in [-0.3, -0.25) is 14.3 Å². The molecule has 0 N–H and O–H groups in total. The molecule has 0 bridgehead atoms. The van der Waals surface area contributed by atoms with Gasteiger partial charge in [0.15, 0.2) is 16.8 Å². The highest BCUT2D eigenvalue weighted by molar-refractivity contribution is 7.99. The van der Waals surface area contributed by atoms with E-state index < -0.39 is 0 Å². The highest BCUT2D eigenvalue weighted by Gasteiger charge is 2.29. The summed E-state index contributed by atoms with van der Waals surface area (Å²) >= 11 is 1.49. The fraction of sp³-hybridized carbons (Fsp3) is 0.440. The summed E-state index contributed by atoms with van der Waals surface area (Å²) in [5.74, 6) is 1.84. The molecule has 32 heavy (non-hydrogen) atoms. The number of nitrogens with zero attached hydrogens (tertiary/aromatic N) is 5. The first-order valence-corrected chi connectivity index (χ1v) is 12.3. The number of thioether (sulfide) groups is 1. The molecule has 0 amide bonds. The van der Waals surface area contributed by atoms with E-state index >= 15 is 0 Å². The van der Waals surface area contributed by atoms with E-state index in [9.17, 15) is 4.79 Å². The summed E-state index contributed by atoms with van der Waals surface area (Å²) < 4.78 is 4.39. The standard InChI is InChI=1S/C25H31N5OS/c1-5-13-29-18(3)14-21(19(29)4)23(31)16-32-25-28-27-24(20-10-8-12-26-15-20)30(25)22-11-7-6-9-17(22)2/h5,8,10,12,14-15,17,22H,1,6-7,9,11,13,16H2,2-4H3/t17-,22-/m0/s1. The molecule has 1 fully saturated rings. The predicted octanol–water partition coefficient (Wildman–Crippen LogP) is 5.67. The minimum absolute atomic E-state index is 0.118. The molecule has 7 heteroatoms. The minimum Gasteiger partial charge on any atom is -0.345 e. The van der Waals surface area contributed by atoms with Gasteiger partial charge in [-0.1, -0.05) is 37.6 Å². The molecule has 0 saturated heterocycles. The lowest BCUT2D eigenvalue weighted by Gasteiger charge is -2.31. The maximum Gasteiger partial charge on any atom is 0.192 e. The van der Waals surface area contributed by atoms with Crippen molar-refractivity contribution in [1.82, 2.24) is 24.3 Å². The summed E-state index contributed by atoms with van der Waals surface area (Å²) in [5.41, 5.74) is 3.81. The third-order valence-electron chi connectivity index (χ3n) is 6.50. The molecule has 0 radical (unpaired) electrons. The Morgan fingerprint density at radius 1 is 1.28 bits per heavy atom. The van der Waals surface area contributed by atoms with Crippen LogP contribution in [0.5, 0.6) is 0 Å². The number of carbonyl (C=O) groups is 1. The van der Waals surface area contributed by atoms with E-state index in [-0.39, 0.29) is 5.78 Å². The first-order valence-electron chi connectivity index (χ1n) is 11.3. The van der Waals surface area contributed by atoms with Crippen molar-refractivity contribution in [2.24, 2.45) is 5.92 Å². The molecule has 4 rings (SSSR count). The van der Waals surface area contributed by atoms with Crippen LogP contribution in [0.1, 0.15) is 60.4 Å². The fourth-order valence-electron chi connectivity index (χ4n) is 4.75. The first-order chi connectivity index (χ1) is 15.5. The smallest absolute Gasteiger partial charge is 0.192 e. The zero-order valence-corrected chi connectivity index (χ0v) is 19.9. The van der Waals surface area contributed by atoms with Crippen LogP contribution in [0.2, 0.25) is 0 Å². The van der Waals surface area contributed by atoms with Crippen molar-refractivity contribution in [3.05, 3.63) is 60.2 Å². The first kappa shape index (κ1) is 22.5. The highest BCUT2D eigenvalue weighted by atomic mass is 32.2. The largest absolute Gasteiger partial charge is 0.345 e. The van der Waals surface area contributed by atoms with E-state index in [2.05, 4.69) is 37.8 Å². The third kappa shape index (κ3) is 4.44. The number of Topliss-reactive ketones (excluding diaryl/α,β-unsaturated/α-hetero) is 1. The number of ketones is 1. The second-order valence-corrected chi connectivity index (χ2v) is 9.59. The van der Waals surface area contributed by atoms with E-state index in [1.807, 2.05) is 44.3 Å². The van der Waals surface area contributed by atoms with Gasteiger partial charge in [-0.15, -0.1) is 16.8 Å². The number of rotatable bonds is 8. The molecular weight excluding hydrogens is 418 g/mol. The van der Waals surface area contributed by atoms with E-state index in [4.69, 9.17) is 0 Å². The van der Waals surface area contributed by atoms with Gasteiger partial charge in [-0.05, 0) is 50.8 Å². The fourth-order valence-corrected chi connectivity index (χ4v) is 5.62. The lowest BCUT2D eigenvalue weighted by atomic mass is 9.85. The third-order valence-corrected chi connectivity index (χ3v) is 7.44. The molecule has 2 atom stereocenters. The van der Waals surface area contributed by atoms with Crippen LogP contribution in [0.25, 0.3) is 11.4 Å². The molecule has 1 aliphatic carbocycles. The molecule has 6 nitrogen and oxygen atoms in total. The summed E-state index contributed by atoms with van der Waals surface area (Å²) in [4.78, 5) is 17.4. The van der Waals surface area contributed by atoms with Crippen molar-refractivity contribution in [3.8, 4) is 11.4 Å². The maximum absolute atomic E-state index is 13.1. The lowest BCUT2D eigenvalue weighted by Crippen LogP contribution is -2.22. The zero-order chi connectivity index (χ0) is 22.7. The molecule has 168 valence electrons. The van der Waals surface area contributed by atoms with E-state index in [1.54, 1.807) is 6.20 Å². The Bertz CT molecular complexity index is 1100. The molecule has 1 saturated carbocycles. The molecule has 1 aliphatic rings. The van der Waals surface area contributed by atoms with Gasteiger partial charge in [0, 0.05) is 47.5 Å². The van der Waals surface area contributed by atoms with Crippen molar-refractivity contribution in [2.45, 2.75) is 64.2 Å². The number of pyridine rings is 1. The number of aromatic nitrogens is 5. The van der Waals surface area contributed by atoms with Crippen LogP contribution in [0.3, 0.4) is 0 Å². The van der Waals surface area contributed by atoms with Crippen molar-refractivity contribution in [1.29, 1.82) is 0 Å². The van der Waals surface area contributed by atoms with Gasteiger partial charge in [-0.25, -0.2) is 0 Å². The van der Waals surface area contributed by atoms with Crippen molar-refractivity contribution in [3.63, 3.8) is 0 Å². The summed E-state index contributed by atoms with van der Waals surface area (Å²) in [5, 5.41) is 9.87. The molecular formula is C25H31N5OS. The summed E-state index contributed by atoms with van der Waals surface area (Å²) in [6, 6.07) is 6.27. The van der Waals surface area contributed by atoms with E-state index in [0.717, 1.165) is 39.9 Å². The van der Waals surface area contributed by atoms with Gasteiger partial charge >= 0.3 is 0 Å². The van der Waals surface area contributed by atoms with Crippen LogP contribution in [0, 0.1) is 19.8 Å². The molecule has 3 heterocycles. The molecule has 3 aromatic heterocycles. The van der Waals surface area contributed by atoms with Gasteiger partial charge in [0.25, 0.3) is 0 Å². The predicted molar refractivity (Wildman–Crippen MR) is 129 cm³/mol. The topological polar surface area (TPSA) is 65.6 Å².